The minimum absolute atomic E-state index is 0.000255. The molecule has 0 fully saturated rings. The molecule has 0 spiro atoms. The Labute approximate surface area is 274 Å². The standard InChI is InChI=1S/C32H27ClN8O6/c1-47-25-6-2-5-22(18-25)36-29(42)20-30(43)38-40-31(26-19-24(41(45)46)11-12-27(26)33)37-28(32(40)44)17-21-7-9-23(10-8-21)39(15-3-13-34)16-4-14-35/h2,5-12,17-19H,3-4,15-16,20H2,1H3,(H,36,42)(H,38,43)/b28-17-. The molecule has 0 unspecified atom stereocenters. The van der Waals surface area contributed by atoms with E-state index in [4.69, 9.17) is 26.9 Å². The average molecular weight is 655 g/mol. The predicted octanol–water partition coefficient (Wildman–Crippen LogP) is 4.58. The van der Waals surface area contributed by atoms with Gasteiger partial charge in [0, 0.05) is 48.2 Å². The first-order valence-corrected chi connectivity index (χ1v) is 14.4. The molecule has 0 radical (unpaired) electrons. The molecule has 15 heteroatoms. The SMILES string of the molecule is COc1cccc(NC(=O)CC(=O)NN2C(=O)/C(=C/c3ccc(N(CCC#N)CCC#N)cc3)N=C2c2cc([N+](=O)[O-])ccc2Cl)c1. The molecule has 0 aliphatic carbocycles. The zero-order chi connectivity index (χ0) is 33.9. The Morgan fingerprint density at radius 2 is 1.77 bits per heavy atom. The molecular weight excluding hydrogens is 628 g/mol. The molecule has 3 aromatic rings. The Kier molecular flexibility index (Phi) is 11.2. The molecule has 47 heavy (non-hydrogen) atoms. The summed E-state index contributed by atoms with van der Waals surface area (Å²) in [6, 6.07) is 21.2. The zero-order valence-corrected chi connectivity index (χ0v) is 25.7. The van der Waals surface area contributed by atoms with E-state index in [1.54, 1.807) is 48.5 Å². The number of non-ortho nitro benzene ring substituents is 1. The highest BCUT2D eigenvalue weighted by Gasteiger charge is 2.35. The van der Waals surface area contributed by atoms with Crippen LogP contribution in [-0.2, 0) is 14.4 Å². The third kappa shape index (κ3) is 8.69. The highest BCUT2D eigenvalue weighted by atomic mass is 35.5. The lowest BCUT2D eigenvalue weighted by Crippen LogP contribution is -2.48. The van der Waals surface area contributed by atoms with Gasteiger partial charge in [-0.3, -0.25) is 29.9 Å². The van der Waals surface area contributed by atoms with Crippen LogP contribution in [0.4, 0.5) is 17.1 Å². The number of methoxy groups -OCH3 is 1. The fraction of sp³-hybridized carbons (Fsp3) is 0.188. The van der Waals surface area contributed by atoms with Crippen molar-refractivity contribution in [2.75, 3.05) is 30.4 Å². The van der Waals surface area contributed by atoms with Crippen molar-refractivity contribution in [3.63, 3.8) is 0 Å². The van der Waals surface area contributed by atoms with Crippen LogP contribution in [0.1, 0.15) is 30.4 Å². The van der Waals surface area contributed by atoms with Crippen LogP contribution in [0.25, 0.3) is 6.08 Å². The van der Waals surface area contributed by atoms with Crippen LogP contribution in [0.5, 0.6) is 5.75 Å². The Bertz CT molecular complexity index is 1830. The summed E-state index contributed by atoms with van der Waals surface area (Å²) in [6.45, 7) is 0.863. The number of nitro benzene ring substituents is 1. The molecule has 1 heterocycles. The second kappa shape index (κ2) is 15.7. The highest BCUT2D eigenvalue weighted by molar-refractivity contribution is 6.35. The van der Waals surface area contributed by atoms with Crippen LogP contribution in [0.2, 0.25) is 5.02 Å². The molecule has 2 N–H and O–H groups in total. The molecule has 0 bridgehead atoms. The number of halogens is 1. The van der Waals surface area contributed by atoms with Gasteiger partial charge in [0.25, 0.3) is 11.6 Å². The number of nitro groups is 1. The van der Waals surface area contributed by atoms with Gasteiger partial charge in [-0.15, -0.1) is 0 Å². The van der Waals surface area contributed by atoms with Crippen LogP contribution in [0.15, 0.2) is 77.4 Å². The van der Waals surface area contributed by atoms with Crippen LogP contribution >= 0.6 is 11.6 Å². The Morgan fingerprint density at radius 1 is 1.06 bits per heavy atom. The maximum absolute atomic E-state index is 13.6. The lowest BCUT2D eigenvalue weighted by Gasteiger charge is -2.22. The number of nitrogens with zero attached hydrogens (tertiary/aromatic N) is 6. The average Bonchev–Trinajstić information content (AvgIpc) is 3.35. The van der Waals surface area contributed by atoms with Gasteiger partial charge in [0.1, 0.15) is 17.9 Å². The maximum atomic E-state index is 13.6. The van der Waals surface area contributed by atoms with E-state index in [2.05, 4.69) is 27.9 Å². The largest absolute Gasteiger partial charge is 0.497 e. The first-order valence-electron chi connectivity index (χ1n) is 14.0. The summed E-state index contributed by atoms with van der Waals surface area (Å²) >= 11 is 6.36. The van der Waals surface area contributed by atoms with E-state index < -0.39 is 29.1 Å². The van der Waals surface area contributed by atoms with Crippen LogP contribution in [0.3, 0.4) is 0 Å². The van der Waals surface area contributed by atoms with Gasteiger partial charge in [-0.05, 0) is 42.0 Å². The van der Waals surface area contributed by atoms with Crippen LogP contribution in [-0.4, -0.2) is 53.7 Å². The number of hydrogen-bond donors (Lipinski definition) is 2. The fourth-order valence-electron chi connectivity index (χ4n) is 4.49. The van der Waals surface area contributed by atoms with E-state index in [0.29, 0.717) is 30.1 Å². The number of carbonyl (C=O) groups is 3. The lowest BCUT2D eigenvalue weighted by atomic mass is 10.1. The minimum Gasteiger partial charge on any atom is -0.497 e. The number of carbonyl (C=O) groups excluding carboxylic acids is 3. The third-order valence-electron chi connectivity index (χ3n) is 6.72. The number of hydrogen-bond acceptors (Lipinski definition) is 10. The molecule has 3 amide bonds. The zero-order valence-electron chi connectivity index (χ0n) is 25.0. The monoisotopic (exact) mass is 654 g/mol. The number of ether oxygens (including phenoxy) is 1. The van der Waals surface area contributed by atoms with Crippen molar-refractivity contribution < 1.29 is 24.0 Å². The van der Waals surface area contributed by atoms with Crippen molar-refractivity contribution in [1.82, 2.24) is 10.4 Å². The molecule has 0 atom stereocenters. The molecule has 14 nitrogen and oxygen atoms in total. The van der Waals surface area contributed by atoms with Crippen molar-refractivity contribution in [1.29, 1.82) is 10.5 Å². The molecule has 1 aliphatic rings. The molecular formula is C32H27ClN8O6. The third-order valence-corrected chi connectivity index (χ3v) is 7.05. The quantitative estimate of drug-likeness (QED) is 0.115. The Hall–Kier alpha value is -6.25. The smallest absolute Gasteiger partial charge is 0.297 e. The summed E-state index contributed by atoms with van der Waals surface area (Å²) < 4.78 is 5.13. The molecule has 1 aliphatic heterocycles. The normalized spacial score (nSPS) is 12.9. The van der Waals surface area contributed by atoms with Gasteiger partial charge in [0.05, 0.1) is 42.0 Å². The first kappa shape index (κ1) is 33.6. The maximum Gasteiger partial charge on any atom is 0.297 e. The number of nitriles is 2. The molecule has 0 saturated heterocycles. The highest BCUT2D eigenvalue weighted by Crippen LogP contribution is 2.29. The number of aliphatic imine (C=N–C) groups is 1. The van der Waals surface area contributed by atoms with Gasteiger partial charge in [-0.1, -0.05) is 29.8 Å². The second-order valence-corrected chi connectivity index (χ2v) is 10.3. The predicted molar refractivity (Wildman–Crippen MR) is 173 cm³/mol. The van der Waals surface area contributed by atoms with E-state index in [1.165, 1.54) is 25.3 Å². The van der Waals surface area contributed by atoms with Crippen LogP contribution in [0, 0.1) is 32.8 Å². The van der Waals surface area contributed by atoms with Crippen molar-refractivity contribution in [3.8, 4) is 17.9 Å². The van der Waals surface area contributed by atoms with E-state index >= 15 is 0 Å². The minimum atomic E-state index is -0.867. The number of anilines is 2. The number of hydrazine groups is 1. The summed E-state index contributed by atoms with van der Waals surface area (Å²) in [5.74, 6) is -2.02. The molecule has 0 aromatic heterocycles. The fourth-order valence-corrected chi connectivity index (χ4v) is 4.70. The van der Waals surface area contributed by atoms with Crippen molar-refractivity contribution >= 4 is 58.3 Å². The number of nitrogens with one attached hydrogen (secondary N) is 2. The van der Waals surface area contributed by atoms with Crippen molar-refractivity contribution in [2.45, 2.75) is 19.3 Å². The number of rotatable bonds is 13. The van der Waals surface area contributed by atoms with Crippen molar-refractivity contribution in [3.05, 3.63) is 98.7 Å². The first-order chi connectivity index (χ1) is 22.6. The number of amides is 3. The summed E-state index contributed by atoms with van der Waals surface area (Å²) in [5.41, 5.74) is 3.63. The van der Waals surface area contributed by atoms with Gasteiger partial charge in [-0.25, -0.2) is 4.99 Å². The Morgan fingerprint density at radius 3 is 2.40 bits per heavy atom. The number of amidine groups is 1. The van der Waals surface area contributed by atoms with Gasteiger partial charge in [-0.2, -0.15) is 15.5 Å². The summed E-state index contributed by atoms with van der Waals surface area (Å²) in [7, 11) is 1.47. The molecule has 0 saturated carbocycles. The molecule has 4 rings (SSSR count). The molecule has 238 valence electrons. The van der Waals surface area contributed by atoms with Crippen LogP contribution < -0.4 is 20.4 Å². The van der Waals surface area contributed by atoms with Gasteiger partial charge in [0.2, 0.25) is 11.8 Å². The second-order valence-electron chi connectivity index (χ2n) is 9.91. The van der Waals surface area contributed by atoms with Gasteiger partial charge >= 0.3 is 0 Å². The topological polar surface area (TPSA) is 194 Å². The number of benzene rings is 3. The van der Waals surface area contributed by atoms with Gasteiger partial charge < -0.3 is 15.0 Å². The van der Waals surface area contributed by atoms with E-state index in [-0.39, 0.29) is 40.6 Å². The van der Waals surface area contributed by atoms with E-state index in [0.717, 1.165) is 16.8 Å². The Balaban J connectivity index is 1.61. The molecule has 3 aromatic carbocycles. The van der Waals surface area contributed by atoms with E-state index in [1.807, 2.05) is 4.90 Å². The lowest BCUT2D eigenvalue weighted by molar-refractivity contribution is -0.384. The summed E-state index contributed by atoms with van der Waals surface area (Å²) in [6.07, 6.45) is 1.32. The summed E-state index contributed by atoms with van der Waals surface area (Å²) in [4.78, 5) is 56.3. The van der Waals surface area contributed by atoms with E-state index in [9.17, 15) is 24.5 Å². The van der Waals surface area contributed by atoms with Gasteiger partial charge in [0.15, 0.2) is 5.84 Å². The van der Waals surface area contributed by atoms with Crippen molar-refractivity contribution in [2.24, 2.45) is 4.99 Å². The summed E-state index contributed by atoms with van der Waals surface area (Å²) in [5, 5.41) is 32.8.